The Morgan fingerprint density at radius 2 is 2.04 bits per heavy atom. The van der Waals surface area contributed by atoms with Gasteiger partial charge in [0.05, 0.1) is 12.7 Å². The predicted octanol–water partition coefficient (Wildman–Crippen LogP) is 3.30. The SMILES string of the molecule is Cc1ccc(C)c([C@H]2CN(CCn3c(C)csc3=O)[C@@H](C)CO2)c1. The average Bonchev–Trinajstić information content (AvgIpc) is 2.88. The molecule has 0 radical (unpaired) electrons. The molecule has 1 fully saturated rings. The van der Waals surface area contributed by atoms with E-state index in [2.05, 4.69) is 43.9 Å². The van der Waals surface area contributed by atoms with Gasteiger partial charge in [-0.15, -0.1) is 0 Å². The van der Waals surface area contributed by atoms with E-state index in [1.165, 1.54) is 28.0 Å². The van der Waals surface area contributed by atoms with Gasteiger partial charge in [0.15, 0.2) is 0 Å². The minimum absolute atomic E-state index is 0.112. The van der Waals surface area contributed by atoms with Crippen molar-refractivity contribution in [3.8, 4) is 0 Å². The molecule has 0 saturated carbocycles. The fourth-order valence-electron chi connectivity index (χ4n) is 3.32. The molecule has 2 atom stereocenters. The average molecular weight is 346 g/mol. The Morgan fingerprint density at radius 3 is 2.75 bits per heavy atom. The van der Waals surface area contributed by atoms with Crippen molar-refractivity contribution < 1.29 is 4.74 Å². The Bertz CT molecular complexity index is 765. The van der Waals surface area contributed by atoms with Crippen molar-refractivity contribution in [2.24, 2.45) is 0 Å². The Kier molecular flexibility index (Phi) is 5.23. The van der Waals surface area contributed by atoms with Gasteiger partial charge in [-0.25, -0.2) is 0 Å². The number of ether oxygens (including phenoxy) is 1. The van der Waals surface area contributed by atoms with Crippen LogP contribution in [0.2, 0.25) is 0 Å². The molecule has 5 heteroatoms. The highest BCUT2D eigenvalue weighted by Crippen LogP contribution is 2.28. The third kappa shape index (κ3) is 3.63. The number of hydrogen-bond acceptors (Lipinski definition) is 4. The summed E-state index contributed by atoms with van der Waals surface area (Å²) in [5.41, 5.74) is 4.89. The van der Waals surface area contributed by atoms with Gasteiger partial charge in [0.2, 0.25) is 0 Å². The molecule has 2 aromatic rings. The lowest BCUT2D eigenvalue weighted by Crippen LogP contribution is -2.46. The van der Waals surface area contributed by atoms with E-state index in [1.807, 2.05) is 16.9 Å². The van der Waals surface area contributed by atoms with E-state index in [4.69, 9.17) is 4.74 Å². The molecule has 1 aromatic heterocycles. The molecule has 0 unspecified atom stereocenters. The maximum absolute atomic E-state index is 11.9. The van der Waals surface area contributed by atoms with Crippen LogP contribution in [-0.2, 0) is 11.3 Å². The number of morpholine rings is 1. The van der Waals surface area contributed by atoms with Crippen LogP contribution in [0.4, 0.5) is 0 Å². The minimum Gasteiger partial charge on any atom is -0.371 e. The van der Waals surface area contributed by atoms with E-state index in [0.29, 0.717) is 6.04 Å². The molecule has 1 aromatic carbocycles. The van der Waals surface area contributed by atoms with Crippen molar-refractivity contribution in [2.45, 2.75) is 46.4 Å². The number of rotatable bonds is 4. The summed E-state index contributed by atoms with van der Waals surface area (Å²) in [7, 11) is 0. The number of aromatic nitrogens is 1. The van der Waals surface area contributed by atoms with E-state index in [1.54, 1.807) is 0 Å². The van der Waals surface area contributed by atoms with Crippen LogP contribution in [0.5, 0.6) is 0 Å². The van der Waals surface area contributed by atoms with Crippen molar-refractivity contribution >= 4 is 11.3 Å². The number of thiazole rings is 1. The summed E-state index contributed by atoms with van der Waals surface area (Å²) >= 11 is 1.28. The van der Waals surface area contributed by atoms with Gasteiger partial charge in [-0.1, -0.05) is 35.1 Å². The lowest BCUT2D eigenvalue weighted by atomic mass is 9.99. The zero-order valence-corrected chi connectivity index (χ0v) is 15.7. The van der Waals surface area contributed by atoms with Crippen LogP contribution in [-0.4, -0.2) is 35.2 Å². The third-order valence-electron chi connectivity index (χ3n) is 4.93. The fourth-order valence-corrected chi connectivity index (χ4v) is 4.08. The molecule has 1 aliphatic heterocycles. The summed E-state index contributed by atoms with van der Waals surface area (Å²) in [6.07, 6.45) is 0.112. The van der Waals surface area contributed by atoms with Crippen LogP contribution in [0.1, 0.15) is 35.4 Å². The Labute approximate surface area is 147 Å². The molecule has 24 heavy (non-hydrogen) atoms. The summed E-state index contributed by atoms with van der Waals surface area (Å²) in [5, 5.41) is 1.93. The molecule has 2 heterocycles. The normalized spacial score (nSPS) is 22.0. The van der Waals surface area contributed by atoms with Crippen LogP contribution in [0.3, 0.4) is 0 Å². The smallest absolute Gasteiger partial charge is 0.307 e. The second kappa shape index (κ2) is 7.21. The molecule has 0 amide bonds. The van der Waals surface area contributed by atoms with Crippen molar-refractivity contribution in [1.29, 1.82) is 0 Å². The maximum atomic E-state index is 11.9. The summed E-state index contributed by atoms with van der Waals surface area (Å²) < 4.78 is 7.99. The standard InChI is InChI=1S/C19H26N2O2S/c1-13-5-6-14(2)17(9-13)18-10-20(15(3)11-23-18)7-8-21-16(4)12-24-19(21)22/h5-6,9,12,15,18H,7-8,10-11H2,1-4H3/t15-,18+/m0/s1. The largest absolute Gasteiger partial charge is 0.371 e. The van der Waals surface area contributed by atoms with Gasteiger partial charge >= 0.3 is 4.87 Å². The van der Waals surface area contributed by atoms with Crippen LogP contribution >= 0.6 is 11.3 Å². The maximum Gasteiger partial charge on any atom is 0.307 e. The highest BCUT2D eigenvalue weighted by molar-refractivity contribution is 7.07. The highest BCUT2D eigenvalue weighted by atomic mass is 32.1. The first-order valence-electron chi connectivity index (χ1n) is 8.53. The molecule has 1 aliphatic rings. The second-order valence-electron chi connectivity index (χ2n) is 6.82. The Hall–Kier alpha value is -1.43. The van der Waals surface area contributed by atoms with Gasteiger partial charge in [-0.05, 0) is 38.8 Å². The quantitative estimate of drug-likeness (QED) is 0.852. The molecular formula is C19H26N2O2S. The van der Waals surface area contributed by atoms with Crippen LogP contribution < -0.4 is 4.87 Å². The number of hydrogen-bond donors (Lipinski definition) is 0. The number of benzene rings is 1. The summed E-state index contributed by atoms with van der Waals surface area (Å²) in [5.74, 6) is 0. The van der Waals surface area contributed by atoms with Crippen molar-refractivity contribution in [2.75, 3.05) is 19.7 Å². The van der Waals surface area contributed by atoms with Crippen LogP contribution in [0, 0.1) is 20.8 Å². The highest BCUT2D eigenvalue weighted by Gasteiger charge is 2.28. The second-order valence-corrected chi connectivity index (χ2v) is 7.64. The van der Waals surface area contributed by atoms with Gasteiger partial charge in [0.1, 0.15) is 0 Å². The van der Waals surface area contributed by atoms with E-state index < -0.39 is 0 Å². The fraction of sp³-hybridized carbons (Fsp3) is 0.526. The zero-order chi connectivity index (χ0) is 17.3. The van der Waals surface area contributed by atoms with E-state index >= 15 is 0 Å². The van der Waals surface area contributed by atoms with E-state index in [0.717, 1.165) is 31.9 Å². The third-order valence-corrected chi connectivity index (χ3v) is 5.81. The van der Waals surface area contributed by atoms with E-state index in [9.17, 15) is 4.79 Å². The van der Waals surface area contributed by atoms with Crippen LogP contribution in [0.15, 0.2) is 28.4 Å². The summed E-state index contributed by atoms with van der Waals surface area (Å²) in [6.45, 7) is 11.7. The van der Waals surface area contributed by atoms with Crippen molar-refractivity contribution in [1.82, 2.24) is 9.47 Å². The topological polar surface area (TPSA) is 34.5 Å². The number of aryl methyl sites for hydroxylation is 3. The molecule has 0 spiro atoms. The first-order chi connectivity index (χ1) is 11.5. The molecule has 0 bridgehead atoms. The van der Waals surface area contributed by atoms with Gasteiger partial charge in [0.25, 0.3) is 0 Å². The van der Waals surface area contributed by atoms with Gasteiger partial charge in [-0.2, -0.15) is 0 Å². The predicted molar refractivity (Wildman–Crippen MR) is 99.0 cm³/mol. The Balaban J connectivity index is 1.72. The lowest BCUT2D eigenvalue weighted by Gasteiger charge is -2.38. The molecule has 3 rings (SSSR count). The molecule has 4 nitrogen and oxygen atoms in total. The first-order valence-corrected chi connectivity index (χ1v) is 9.41. The van der Waals surface area contributed by atoms with Gasteiger partial charge in [0, 0.05) is 36.8 Å². The van der Waals surface area contributed by atoms with E-state index in [-0.39, 0.29) is 11.0 Å². The molecule has 0 aliphatic carbocycles. The van der Waals surface area contributed by atoms with Gasteiger partial charge < -0.3 is 9.30 Å². The lowest BCUT2D eigenvalue weighted by molar-refractivity contribution is -0.0611. The molecule has 130 valence electrons. The molecule has 1 saturated heterocycles. The van der Waals surface area contributed by atoms with Crippen molar-refractivity contribution in [3.05, 3.63) is 55.6 Å². The van der Waals surface area contributed by atoms with Crippen molar-refractivity contribution in [3.63, 3.8) is 0 Å². The summed E-state index contributed by atoms with van der Waals surface area (Å²) in [6, 6.07) is 6.93. The minimum atomic E-state index is 0.112. The number of nitrogens with zero attached hydrogens (tertiary/aromatic N) is 2. The Morgan fingerprint density at radius 1 is 1.25 bits per heavy atom. The monoisotopic (exact) mass is 346 g/mol. The molecular weight excluding hydrogens is 320 g/mol. The first kappa shape index (κ1) is 17.4. The molecule has 0 N–H and O–H groups in total. The van der Waals surface area contributed by atoms with Crippen LogP contribution in [0.25, 0.3) is 0 Å². The summed E-state index contributed by atoms with van der Waals surface area (Å²) in [4.78, 5) is 14.5. The van der Waals surface area contributed by atoms with Gasteiger partial charge in [-0.3, -0.25) is 9.69 Å². The zero-order valence-electron chi connectivity index (χ0n) is 14.9.